The molecule has 1 aromatic heterocycles. The molecule has 3 heterocycles. The first-order chi connectivity index (χ1) is 17.9. The van der Waals surface area contributed by atoms with Gasteiger partial charge in [0.15, 0.2) is 0 Å². The van der Waals surface area contributed by atoms with Crippen molar-refractivity contribution in [3.63, 3.8) is 0 Å². The van der Waals surface area contributed by atoms with Gasteiger partial charge in [0.2, 0.25) is 11.9 Å². The molecule has 3 aromatic rings. The van der Waals surface area contributed by atoms with Gasteiger partial charge in [0.1, 0.15) is 0 Å². The predicted molar refractivity (Wildman–Crippen MR) is 148 cm³/mol. The zero-order valence-electron chi connectivity index (χ0n) is 21.5. The normalized spacial score (nSPS) is 17.4. The lowest BCUT2D eigenvalue weighted by Crippen LogP contribution is -2.43. The van der Waals surface area contributed by atoms with E-state index >= 15 is 0 Å². The van der Waals surface area contributed by atoms with Crippen molar-refractivity contribution in [2.24, 2.45) is 0 Å². The fraction of sp³-hybridized carbons (Fsp3) is 0.370. The minimum Gasteiger partial charge on any atom is -0.368 e. The summed E-state index contributed by atoms with van der Waals surface area (Å²) in [6.45, 7) is 7.31. The Morgan fingerprint density at radius 2 is 1.62 bits per heavy atom. The van der Waals surface area contributed by atoms with Crippen molar-refractivity contribution in [3.05, 3.63) is 65.7 Å². The average molecular weight is 502 g/mol. The third-order valence-corrected chi connectivity index (χ3v) is 6.89. The highest BCUT2D eigenvalue weighted by molar-refractivity contribution is 5.92. The van der Waals surface area contributed by atoms with E-state index in [-0.39, 0.29) is 11.9 Å². The Bertz CT molecular complexity index is 1240. The van der Waals surface area contributed by atoms with Crippen LogP contribution in [0.4, 0.5) is 28.1 Å². The van der Waals surface area contributed by atoms with E-state index in [0.29, 0.717) is 5.69 Å². The first kappa shape index (κ1) is 24.9. The molecule has 0 unspecified atom stereocenters. The number of amides is 1. The maximum Gasteiger partial charge on any atom is 0.349 e. The topological polar surface area (TPSA) is 108 Å². The number of aromatic nitrogens is 3. The van der Waals surface area contributed by atoms with Crippen molar-refractivity contribution in [1.29, 1.82) is 0 Å². The number of benzene rings is 2. The fourth-order valence-electron chi connectivity index (χ4n) is 4.66. The number of hydrogen-bond donors (Lipinski definition) is 3. The molecule has 0 atom stereocenters. The number of rotatable bonds is 6. The second kappa shape index (κ2) is 11.1. The summed E-state index contributed by atoms with van der Waals surface area (Å²) in [7, 11) is 4.29. The van der Waals surface area contributed by atoms with Crippen LogP contribution in [0.1, 0.15) is 17.5 Å². The molecule has 0 radical (unpaired) electrons. The molecule has 0 aliphatic carbocycles. The van der Waals surface area contributed by atoms with E-state index in [4.69, 9.17) is 5.73 Å². The van der Waals surface area contributed by atoms with Gasteiger partial charge in [0, 0.05) is 57.2 Å². The van der Waals surface area contributed by atoms with Gasteiger partial charge in [-0.25, -0.2) is 4.79 Å². The quantitative estimate of drug-likeness (QED) is 0.473. The lowest BCUT2D eigenvalue weighted by Gasteiger charge is -2.32. The summed E-state index contributed by atoms with van der Waals surface area (Å²) in [4.78, 5) is 24.1. The van der Waals surface area contributed by atoms with E-state index in [2.05, 4.69) is 67.7 Å². The Morgan fingerprint density at radius 1 is 0.919 bits per heavy atom. The van der Waals surface area contributed by atoms with Gasteiger partial charge in [0.25, 0.3) is 0 Å². The van der Waals surface area contributed by atoms with Crippen molar-refractivity contribution in [3.8, 4) is 0 Å². The van der Waals surface area contributed by atoms with Crippen LogP contribution < -0.4 is 16.4 Å². The zero-order chi connectivity index (χ0) is 25.8. The lowest BCUT2D eigenvalue weighted by molar-refractivity contribution is 0.148. The molecule has 1 amide bonds. The highest BCUT2D eigenvalue weighted by Gasteiger charge is 2.16. The van der Waals surface area contributed by atoms with Gasteiger partial charge < -0.3 is 26.2 Å². The van der Waals surface area contributed by atoms with E-state index in [1.807, 2.05) is 36.4 Å². The lowest BCUT2D eigenvalue weighted by atomic mass is 10.0. The average Bonchev–Trinajstić information content (AvgIpc) is 3.27. The molecule has 0 bridgehead atoms. The largest absolute Gasteiger partial charge is 0.368 e. The molecule has 2 aliphatic rings. The first-order valence-electron chi connectivity index (χ1n) is 12.7. The highest BCUT2D eigenvalue weighted by Crippen LogP contribution is 2.22. The second-order valence-corrected chi connectivity index (χ2v) is 9.87. The molecule has 37 heavy (non-hydrogen) atoms. The Hall–Kier alpha value is -3.73. The van der Waals surface area contributed by atoms with Crippen molar-refractivity contribution >= 4 is 34.9 Å². The molecular formula is C27H35N9O. The molecule has 10 heteroatoms. The van der Waals surface area contributed by atoms with Gasteiger partial charge in [-0.2, -0.15) is 4.98 Å². The van der Waals surface area contributed by atoms with Gasteiger partial charge in [-0.15, -0.1) is 9.78 Å². The monoisotopic (exact) mass is 501 g/mol. The summed E-state index contributed by atoms with van der Waals surface area (Å²) in [5.74, 6) is 0.280. The number of nitrogens with one attached hydrogen (secondary N) is 2. The third-order valence-electron chi connectivity index (χ3n) is 6.89. The van der Waals surface area contributed by atoms with E-state index in [1.54, 1.807) is 0 Å². The van der Waals surface area contributed by atoms with Gasteiger partial charge in [-0.1, -0.05) is 30.3 Å². The summed E-state index contributed by atoms with van der Waals surface area (Å²) in [6.07, 6.45) is 3.33. The Kier molecular flexibility index (Phi) is 7.50. The van der Waals surface area contributed by atoms with E-state index in [9.17, 15) is 4.79 Å². The first-order valence-corrected chi connectivity index (χ1v) is 12.7. The van der Waals surface area contributed by atoms with Crippen LogP contribution in [0.25, 0.3) is 5.57 Å². The standard InChI is InChI=1S/C27H35N9O/c1-33-14-16-35(17-15-33)18-20-5-9-23(10-6-20)29-26-31-25(28)36(32-26)27(37)30-24-11-7-21(8-12-24)22-4-3-13-34(2)19-22/h4-12H,3,13-19H2,1-2H3,(H,30,37)(H3,28,29,31,32). The van der Waals surface area contributed by atoms with Crippen molar-refractivity contribution < 1.29 is 4.79 Å². The molecule has 1 saturated heterocycles. The van der Waals surface area contributed by atoms with Gasteiger partial charge in [-0.05, 0) is 61.5 Å². The summed E-state index contributed by atoms with van der Waals surface area (Å²) >= 11 is 0. The van der Waals surface area contributed by atoms with Crippen LogP contribution in [0.5, 0.6) is 0 Å². The van der Waals surface area contributed by atoms with E-state index in [0.717, 1.165) is 68.2 Å². The zero-order valence-corrected chi connectivity index (χ0v) is 21.5. The molecule has 0 saturated carbocycles. The maximum absolute atomic E-state index is 12.8. The molecule has 10 nitrogen and oxygen atoms in total. The number of nitrogens with zero attached hydrogens (tertiary/aromatic N) is 6. The van der Waals surface area contributed by atoms with Crippen LogP contribution >= 0.6 is 0 Å². The second-order valence-electron chi connectivity index (χ2n) is 9.87. The van der Waals surface area contributed by atoms with Crippen LogP contribution in [-0.2, 0) is 6.54 Å². The predicted octanol–water partition coefficient (Wildman–Crippen LogP) is 3.15. The van der Waals surface area contributed by atoms with Crippen LogP contribution in [0.3, 0.4) is 0 Å². The molecule has 4 N–H and O–H groups in total. The Morgan fingerprint density at radius 3 is 2.32 bits per heavy atom. The number of carbonyl (C=O) groups is 1. The van der Waals surface area contributed by atoms with Gasteiger partial charge >= 0.3 is 6.03 Å². The maximum atomic E-state index is 12.8. The molecule has 0 spiro atoms. The number of nitrogens with two attached hydrogens (primary N) is 1. The Labute approximate surface area is 217 Å². The number of anilines is 4. The SMILES string of the molecule is CN1CCN(Cc2ccc(Nc3nc(N)n(C(=O)Nc4ccc(C5=CCCN(C)C5)cc4)n3)cc2)CC1. The smallest absolute Gasteiger partial charge is 0.349 e. The third kappa shape index (κ3) is 6.34. The van der Waals surface area contributed by atoms with Crippen LogP contribution in [0, 0.1) is 0 Å². The molecule has 5 rings (SSSR count). The Balaban J connectivity index is 1.17. The van der Waals surface area contributed by atoms with Crippen LogP contribution in [0.2, 0.25) is 0 Å². The van der Waals surface area contributed by atoms with Gasteiger partial charge in [-0.3, -0.25) is 4.90 Å². The number of piperazine rings is 1. The minimum atomic E-state index is -0.468. The summed E-state index contributed by atoms with van der Waals surface area (Å²) < 4.78 is 1.07. The molecule has 2 aliphatic heterocycles. The number of hydrogen-bond acceptors (Lipinski definition) is 8. The van der Waals surface area contributed by atoms with Gasteiger partial charge in [0.05, 0.1) is 0 Å². The number of carbonyl (C=O) groups excluding carboxylic acids is 1. The highest BCUT2D eigenvalue weighted by atomic mass is 16.2. The van der Waals surface area contributed by atoms with Crippen molar-refractivity contribution in [2.45, 2.75) is 13.0 Å². The summed E-state index contributed by atoms with van der Waals surface area (Å²) in [6, 6.07) is 15.5. The number of likely N-dealkylation sites (N-methyl/N-ethyl adjacent to an activating group) is 2. The van der Waals surface area contributed by atoms with Crippen molar-refractivity contribution in [1.82, 2.24) is 29.5 Å². The van der Waals surface area contributed by atoms with Crippen molar-refractivity contribution in [2.75, 3.05) is 69.7 Å². The molecule has 1 fully saturated rings. The molecular weight excluding hydrogens is 466 g/mol. The van der Waals surface area contributed by atoms with E-state index in [1.165, 1.54) is 11.1 Å². The molecule has 2 aromatic carbocycles. The summed E-state index contributed by atoms with van der Waals surface area (Å²) in [5.41, 5.74) is 11.2. The van der Waals surface area contributed by atoms with Crippen LogP contribution in [0.15, 0.2) is 54.6 Å². The molecule has 194 valence electrons. The van der Waals surface area contributed by atoms with Crippen LogP contribution in [-0.4, -0.2) is 88.9 Å². The minimum absolute atomic E-state index is 0.0127. The summed E-state index contributed by atoms with van der Waals surface area (Å²) in [5, 5.41) is 10.2. The fourth-order valence-corrected chi connectivity index (χ4v) is 4.66. The van der Waals surface area contributed by atoms with E-state index < -0.39 is 6.03 Å². The number of nitrogen functional groups attached to an aromatic ring is 1.